The van der Waals surface area contributed by atoms with E-state index in [2.05, 4.69) is 6.92 Å². The molecule has 1 aromatic heterocycles. The van der Waals surface area contributed by atoms with Crippen LogP contribution in [0.4, 0.5) is 0 Å². The van der Waals surface area contributed by atoms with E-state index in [1.165, 1.54) is 0 Å². The summed E-state index contributed by atoms with van der Waals surface area (Å²) in [6.45, 7) is 7.29. The van der Waals surface area contributed by atoms with Gasteiger partial charge in [-0.1, -0.05) is 6.92 Å². The van der Waals surface area contributed by atoms with E-state index in [4.69, 9.17) is 0 Å². The molecule has 1 aromatic rings. The second kappa shape index (κ2) is 4.71. The molecule has 0 radical (unpaired) electrons. The van der Waals surface area contributed by atoms with E-state index in [0.29, 0.717) is 23.9 Å². The van der Waals surface area contributed by atoms with Crippen LogP contribution in [0.5, 0.6) is 0 Å². The van der Waals surface area contributed by atoms with Gasteiger partial charge in [0, 0.05) is 22.8 Å². The van der Waals surface area contributed by atoms with E-state index in [1.54, 1.807) is 21.7 Å². The monoisotopic (exact) mass is 273 g/mol. The number of hydrogen-bond acceptors (Lipinski definition) is 3. The fourth-order valence-corrected chi connectivity index (χ4v) is 5.49. The number of piperidine rings is 1. The minimum absolute atomic E-state index is 0.471. The molecule has 0 N–H and O–H groups in total. The van der Waals surface area contributed by atoms with Crippen molar-refractivity contribution in [3.05, 3.63) is 15.8 Å². The molecule has 1 aliphatic rings. The molecule has 0 saturated carbocycles. The topological polar surface area (TPSA) is 37.4 Å². The minimum Gasteiger partial charge on any atom is -0.207 e. The average molecular weight is 273 g/mol. The minimum atomic E-state index is -3.26. The van der Waals surface area contributed by atoms with E-state index in [0.717, 1.165) is 22.6 Å². The first-order valence-corrected chi connectivity index (χ1v) is 8.24. The Bertz CT molecular complexity index is 505. The Morgan fingerprint density at radius 3 is 2.65 bits per heavy atom. The van der Waals surface area contributed by atoms with Crippen molar-refractivity contribution in [1.82, 2.24) is 4.31 Å². The number of hydrogen-bond donors (Lipinski definition) is 0. The van der Waals surface area contributed by atoms with Crippen molar-refractivity contribution in [1.29, 1.82) is 0 Å². The van der Waals surface area contributed by atoms with E-state index < -0.39 is 10.0 Å². The highest BCUT2D eigenvalue weighted by atomic mass is 32.2. The van der Waals surface area contributed by atoms with Gasteiger partial charge in [0.2, 0.25) is 10.0 Å². The standard InChI is InChI=1S/C12H19NO2S2/c1-9-5-4-6-13(8-9)17(14,15)12-7-10(2)16-11(12)3/h7,9H,4-6,8H2,1-3H3. The summed E-state index contributed by atoms with van der Waals surface area (Å²) in [7, 11) is -3.26. The first-order chi connectivity index (χ1) is 7.91. The normalized spacial score (nSPS) is 22.9. The van der Waals surface area contributed by atoms with Gasteiger partial charge in [-0.25, -0.2) is 8.42 Å². The highest BCUT2D eigenvalue weighted by Crippen LogP contribution is 2.30. The fourth-order valence-electron chi connectivity index (χ4n) is 2.37. The van der Waals surface area contributed by atoms with E-state index in [-0.39, 0.29) is 0 Å². The van der Waals surface area contributed by atoms with Crippen molar-refractivity contribution in [2.24, 2.45) is 5.92 Å². The van der Waals surface area contributed by atoms with Crippen LogP contribution >= 0.6 is 11.3 Å². The van der Waals surface area contributed by atoms with Crippen molar-refractivity contribution in [2.45, 2.75) is 38.5 Å². The molecule has 1 unspecified atom stereocenters. The van der Waals surface area contributed by atoms with Gasteiger partial charge < -0.3 is 0 Å². The second-order valence-electron chi connectivity index (χ2n) is 4.89. The lowest BCUT2D eigenvalue weighted by Crippen LogP contribution is -2.39. The molecule has 5 heteroatoms. The molecule has 0 spiro atoms. The molecule has 1 fully saturated rings. The van der Waals surface area contributed by atoms with Crippen molar-refractivity contribution in [3.8, 4) is 0 Å². The molecule has 2 heterocycles. The zero-order valence-electron chi connectivity index (χ0n) is 10.6. The van der Waals surface area contributed by atoms with Gasteiger partial charge in [-0.05, 0) is 38.7 Å². The molecule has 17 heavy (non-hydrogen) atoms. The summed E-state index contributed by atoms with van der Waals surface area (Å²) < 4.78 is 26.6. The van der Waals surface area contributed by atoms with E-state index >= 15 is 0 Å². The lowest BCUT2D eigenvalue weighted by molar-refractivity contribution is 0.281. The Kier molecular flexibility index (Phi) is 3.61. The molecule has 0 aromatic carbocycles. The quantitative estimate of drug-likeness (QED) is 0.831. The summed E-state index contributed by atoms with van der Waals surface area (Å²) in [5.41, 5.74) is 0. The number of aryl methyl sites for hydroxylation is 2. The van der Waals surface area contributed by atoms with Gasteiger partial charge in [-0.15, -0.1) is 11.3 Å². The largest absolute Gasteiger partial charge is 0.244 e. The van der Waals surface area contributed by atoms with Gasteiger partial charge in [0.05, 0.1) is 4.90 Å². The molecule has 1 saturated heterocycles. The highest BCUT2D eigenvalue weighted by Gasteiger charge is 2.30. The predicted molar refractivity (Wildman–Crippen MR) is 70.9 cm³/mol. The Balaban J connectivity index is 2.33. The first kappa shape index (κ1) is 13.1. The number of sulfonamides is 1. The molecular formula is C12H19NO2S2. The third-order valence-electron chi connectivity index (χ3n) is 3.23. The van der Waals surface area contributed by atoms with Crippen molar-refractivity contribution < 1.29 is 8.42 Å². The Hall–Kier alpha value is -0.390. The van der Waals surface area contributed by atoms with Crippen LogP contribution < -0.4 is 0 Å². The Morgan fingerprint density at radius 1 is 1.41 bits per heavy atom. The molecule has 1 aliphatic heterocycles. The van der Waals surface area contributed by atoms with Gasteiger partial charge in [0.1, 0.15) is 0 Å². The first-order valence-electron chi connectivity index (χ1n) is 5.98. The van der Waals surface area contributed by atoms with Gasteiger partial charge in [0.15, 0.2) is 0 Å². The number of rotatable bonds is 2. The third-order valence-corrected chi connectivity index (χ3v) is 6.32. The summed E-state index contributed by atoms with van der Waals surface area (Å²) in [6, 6.07) is 1.80. The van der Waals surface area contributed by atoms with Crippen LogP contribution in [0.25, 0.3) is 0 Å². The zero-order valence-corrected chi connectivity index (χ0v) is 12.2. The third kappa shape index (κ3) is 2.56. The van der Waals surface area contributed by atoms with Crippen LogP contribution in [-0.2, 0) is 10.0 Å². The molecule has 3 nitrogen and oxygen atoms in total. The van der Waals surface area contributed by atoms with Crippen molar-refractivity contribution in [3.63, 3.8) is 0 Å². The van der Waals surface area contributed by atoms with Gasteiger partial charge in [0.25, 0.3) is 0 Å². The summed E-state index contributed by atoms with van der Waals surface area (Å²) in [5.74, 6) is 0.471. The maximum atomic E-state index is 12.5. The number of nitrogens with zero attached hydrogens (tertiary/aromatic N) is 1. The summed E-state index contributed by atoms with van der Waals surface area (Å²) in [6.07, 6.45) is 2.11. The maximum absolute atomic E-state index is 12.5. The van der Waals surface area contributed by atoms with Crippen LogP contribution in [-0.4, -0.2) is 25.8 Å². The SMILES string of the molecule is Cc1cc(S(=O)(=O)N2CCCC(C)C2)c(C)s1. The zero-order chi connectivity index (χ0) is 12.6. The smallest absolute Gasteiger partial charge is 0.207 e. The predicted octanol–water partition coefficient (Wildman–Crippen LogP) is 2.79. The molecule has 1 atom stereocenters. The lowest BCUT2D eigenvalue weighted by atomic mass is 10.0. The van der Waals surface area contributed by atoms with Crippen LogP contribution in [0.3, 0.4) is 0 Å². The molecule has 2 rings (SSSR count). The second-order valence-corrected chi connectivity index (χ2v) is 8.25. The van der Waals surface area contributed by atoms with Crippen LogP contribution in [0.2, 0.25) is 0 Å². The Labute approximate surface area is 108 Å². The van der Waals surface area contributed by atoms with Crippen LogP contribution in [0.1, 0.15) is 29.5 Å². The molecular weight excluding hydrogens is 254 g/mol. The Morgan fingerprint density at radius 2 is 2.12 bits per heavy atom. The summed E-state index contributed by atoms with van der Waals surface area (Å²) in [4.78, 5) is 2.47. The molecule has 0 aliphatic carbocycles. The van der Waals surface area contributed by atoms with E-state index in [1.807, 2.05) is 13.8 Å². The van der Waals surface area contributed by atoms with Gasteiger partial charge >= 0.3 is 0 Å². The molecule has 0 amide bonds. The number of thiophene rings is 1. The summed E-state index contributed by atoms with van der Waals surface area (Å²) >= 11 is 1.56. The van der Waals surface area contributed by atoms with E-state index in [9.17, 15) is 8.42 Å². The van der Waals surface area contributed by atoms with Crippen molar-refractivity contribution in [2.75, 3.05) is 13.1 Å². The summed E-state index contributed by atoms with van der Waals surface area (Å²) in [5, 5.41) is 0. The van der Waals surface area contributed by atoms with Crippen molar-refractivity contribution >= 4 is 21.4 Å². The van der Waals surface area contributed by atoms with Gasteiger partial charge in [-0.2, -0.15) is 4.31 Å². The average Bonchev–Trinajstić information content (AvgIpc) is 2.58. The lowest BCUT2D eigenvalue weighted by Gasteiger charge is -2.29. The molecule has 0 bridgehead atoms. The highest BCUT2D eigenvalue weighted by molar-refractivity contribution is 7.89. The molecule has 96 valence electrons. The van der Waals surface area contributed by atoms with Crippen LogP contribution in [0, 0.1) is 19.8 Å². The fraction of sp³-hybridized carbons (Fsp3) is 0.667. The van der Waals surface area contributed by atoms with Crippen LogP contribution in [0.15, 0.2) is 11.0 Å². The van der Waals surface area contributed by atoms with Gasteiger partial charge in [-0.3, -0.25) is 0 Å². The maximum Gasteiger partial charge on any atom is 0.244 e.